The van der Waals surface area contributed by atoms with Crippen molar-refractivity contribution >= 4 is 5.70 Å². The van der Waals surface area contributed by atoms with Gasteiger partial charge in [0.2, 0.25) is 0 Å². The Bertz CT molecular complexity index is 823. The first kappa shape index (κ1) is 13.8. The average Bonchev–Trinajstić information content (AvgIpc) is 3.14. The summed E-state index contributed by atoms with van der Waals surface area (Å²) in [6.45, 7) is 0. The van der Waals surface area contributed by atoms with Crippen molar-refractivity contribution in [1.29, 1.82) is 0 Å². The van der Waals surface area contributed by atoms with Crippen molar-refractivity contribution in [3.05, 3.63) is 102 Å². The molecule has 2 nitrogen and oxygen atoms in total. The van der Waals surface area contributed by atoms with Gasteiger partial charge in [0.05, 0.1) is 11.7 Å². The summed E-state index contributed by atoms with van der Waals surface area (Å²) in [4.78, 5) is 0. The lowest BCUT2D eigenvalue weighted by atomic mass is 9.99. The van der Waals surface area contributed by atoms with Crippen molar-refractivity contribution in [3.63, 3.8) is 0 Å². The molecular weight excluding hydrogens is 280 g/mol. The van der Waals surface area contributed by atoms with E-state index in [2.05, 4.69) is 89.7 Å². The highest BCUT2D eigenvalue weighted by molar-refractivity contribution is 5.68. The molecule has 1 heterocycles. The van der Waals surface area contributed by atoms with Crippen molar-refractivity contribution in [3.8, 4) is 11.1 Å². The molecule has 0 radical (unpaired) electrons. The molecule has 1 aliphatic rings. The second kappa shape index (κ2) is 6.11. The van der Waals surface area contributed by atoms with E-state index in [0.29, 0.717) is 0 Å². The Hall–Kier alpha value is -2.84. The van der Waals surface area contributed by atoms with Gasteiger partial charge in [0.25, 0.3) is 0 Å². The summed E-state index contributed by atoms with van der Waals surface area (Å²) in [7, 11) is 0. The molecule has 3 aromatic carbocycles. The van der Waals surface area contributed by atoms with Gasteiger partial charge in [-0.2, -0.15) is 0 Å². The molecular formula is C21H18N2. The van der Waals surface area contributed by atoms with Gasteiger partial charge in [-0.05, 0) is 34.4 Å². The van der Waals surface area contributed by atoms with Gasteiger partial charge in [0.15, 0.2) is 0 Å². The fourth-order valence-corrected chi connectivity index (χ4v) is 2.91. The number of rotatable bonds is 3. The van der Waals surface area contributed by atoms with E-state index in [1.165, 1.54) is 22.3 Å². The molecule has 3 aromatic rings. The fourth-order valence-electron chi connectivity index (χ4n) is 2.91. The maximum Gasteiger partial charge on any atom is 0.0714 e. The van der Waals surface area contributed by atoms with Crippen LogP contribution in [0.1, 0.15) is 17.2 Å². The largest absolute Gasteiger partial charge is 0.320 e. The zero-order valence-corrected chi connectivity index (χ0v) is 12.7. The van der Waals surface area contributed by atoms with Gasteiger partial charge in [-0.15, -0.1) is 0 Å². The van der Waals surface area contributed by atoms with Gasteiger partial charge in [0, 0.05) is 0 Å². The molecule has 0 aromatic heterocycles. The summed E-state index contributed by atoms with van der Waals surface area (Å²) in [5.74, 6) is 0. The Morgan fingerprint density at radius 3 is 2.00 bits per heavy atom. The molecule has 0 bridgehead atoms. The third-order valence-electron chi connectivity index (χ3n) is 4.13. The van der Waals surface area contributed by atoms with Crippen molar-refractivity contribution in [2.75, 3.05) is 0 Å². The van der Waals surface area contributed by atoms with Gasteiger partial charge < -0.3 is 5.43 Å². The first-order chi connectivity index (χ1) is 11.4. The van der Waals surface area contributed by atoms with Crippen molar-refractivity contribution in [2.24, 2.45) is 0 Å². The molecule has 0 saturated heterocycles. The molecule has 23 heavy (non-hydrogen) atoms. The normalized spacial score (nSPS) is 16.7. The Balaban J connectivity index is 1.63. The Morgan fingerprint density at radius 2 is 1.26 bits per heavy atom. The number of hydrogen-bond donors (Lipinski definition) is 2. The van der Waals surface area contributed by atoms with E-state index in [1.54, 1.807) is 0 Å². The van der Waals surface area contributed by atoms with Crippen LogP contribution in [0.4, 0.5) is 0 Å². The summed E-state index contributed by atoms with van der Waals surface area (Å²) in [6, 6.07) is 29.7. The lowest BCUT2D eigenvalue weighted by Gasteiger charge is -2.11. The van der Waals surface area contributed by atoms with E-state index < -0.39 is 0 Å². The molecule has 1 aliphatic heterocycles. The third kappa shape index (κ3) is 2.89. The Labute approximate surface area is 136 Å². The first-order valence-electron chi connectivity index (χ1n) is 7.84. The van der Waals surface area contributed by atoms with Crippen LogP contribution < -0.4 is 10.9 Å². The predicted molar refractivity (Wildman–Crippen MR) is 95.3 cm³/mol. The van der Waals surface area contributed by atoms with Crippen LogP contribution in [0.5, 0.6) is 0 Å². The van der Waals surface area contributed by atoms with E-state index in [4.69, 9.17) is 0 Å². The SMILES string of the molecule is C1=C(c2ccccc2)NNC1c1cccc(-c2ccccc2)c1. The minimum Gasteiger partial charge on any atom is -0.320 e. The summed E-state index contributed by atoms with van der Waals surface area (Å²) < 4.78 is 0. The van der Waals surface area contributed by atoms with Gasteiger partial charge in [-0.1, -0.05) is 78.9 Å². The number of benzene rings is 3. The molecule has 0 amide bonds. The predicted octanol–water partition coefficient (Wildman–Crippen LogP) is 4.54. The molecule has 0 fully saturated rings. The average molecular weight is 298 g/mol. The zero-order chi connectivity index (χ0) is 15.5. The van der Waals surface area contributed by atoms with Crippen molar-refractivity contribution < 1.29 is 0 Å². The fraction of sp³-hybridized carbons (Fsp3) is 0.0476. The molecule has 0 spiro atoms. The monoisotopic (exact) mass is 298 g/mol. The van der Waals surface area contributed by atoms with Crippen molar-refractivity contribution in [2.45, 2.75) is 6.04 Å². The summed E-state index contributed by atoms with van der Waals surface area (Å²) in [5, 5.41) is 0. The Morgan fingerprint density at radius 1 is 0.609 bits per heavy atom. The number of nitrogens with one attached hydrogen (secondary N) is 2. The molecule has 0 saturated carbocycles. The highest BCUT2D eigenvalue weighted by Gasteiger charge is 2.17. The standard InChI is InChI=1S/C21H18N2/c1-3-8-16(9-4-1)18-12-7-13-19(14-18)21-15-20(22-23-21)17-10-5-2-6-11-17/h1-15,21-23H. The number of hydrazine groups is 1. The molecule has 2 N–H and O–H groups in total. The van der Waals surface area contributed by atoms with E-state index in [0.717, 1.165) is 5.70 Å². The Kier molecular flexibility index (Phi) is 3.66. The minimum atomic E-state index is 0.175. The molecule has 1 unspecified atom stereocenters. The minimum absolute atomic E-state index is 0.175. The van der Waals surface area contributed by atoms with Crippen LogP contribution in [0.25, 0.3) is 16.8 Å². The van der Waals surface area contributed by atoms with Crippen LogP contribution in [-0.4, -0.2) is 0 Å². The van der Waals surface area contributed by atoms with Gasteiger partial charge in [-0.25, -0.2) is 5.43 Å². The lowest BCUT2D eigenvalue weighted by Crippen LogP contribution is -2.26. The van der Waals surface area contributed by atoms with Crippen molar-refractivity contribution in [1.82, 2.24) is 10.9 Å². The maximum absolute atomic E-state index is 3.36. The summed E-state index contributed by atoms with van der Waals surface area (Å²) in [6.07, 6.45) is 2.24. The maximum atomic E-state index is 3.36. The first-order valence-corrected chi connectivity index (χ1v) is 7.84. The third-order valence-corrected chi connectivity index (χ3v) is 4.13. The van der Waals surface area contributed by atoms with Gasteiger partial charge in [-0.3, -0.25) is 0 Å². The van der Waals surface area contributed by atoms with E-state index in [-0.39, 0.29) is 6.04 Å². The van der Waals surface area contributed by atoms with E-state index in [9.17, 15) is 0 Å². The molecule has 112 valence electrons. The highest BCUT2D eigenvalue weighted by Crippen LogP contribution is 2.27. The van der Waals surface area contributed by atoms with Crippen LogP contribution in [0.2, 0.25) is 0 Å². The van der Waals surface area contributed by atoms with Gasteiger partial charge in [0.1, 0.15) is 0 Å². The lowest BCUT2D eigenvalue weighted by molar-refractivity contribution is 0.616. The van der Waals surface area contributed by atoms with Crippen LogP contribution >= 0.6 is 0 Å². The zero-order valence-electron chi connectivity index (χ0n) is 12.7. The quantitative estimate of drug-likeness (QED) is 0.741. The topological polar surface area (TPSA) is 24.1 Å². The van der Waals surface area contributed by atoms with Crippen LogP contribution in [0.3, 0.4) is 0 Å². The smallest absolute Gasteiger partial charge is 0.0714 e. The molecule has 4 rings (SSSR count). The van der Waals surface area contributed by atoms with Crippen LogP contribution in [0.15, 0.2) is 91.0 Å². The highest BCUT2D eigenvalue weighted by atomic mass is 15.4. The van der Waals surface area contributed by atoms with E-state index in [1.807, 2.05) is 12.1 Å². The second-order valence-electron chi connectivity index (χ2n) is 5.68. The molecule has 1 atom stereocenters. The summed E-state index contributed by atoms with van der Waals surface area (Å²) in [5.41, 5.74) is 12.7. The van der Waals surface area contributed by atoms with Gasteiger partial charge >= 0.3 is 0 Å². The van der Waals surface area contributed by atoms with Crippen LogP contribution in [0, 0.1) is 0 Å². The van der Waals surface area contributed by atoms with E-state index >= 15 is 0 Å². The molecule has 2 heteroatoms. The second-order valence-corrected chi connectivity index (χ2v) is 5.68. The van der Waals surface area contributed by atoms with Crippen LogP contribution in [-0.2, 0) is 0 Å². The number of hydrogen-bond acceptors (Lipinski definition) is 2. The summed E-state index contributed by atoms with van der Waals surface area (Å²) >= 11 is 0. The molecule has 0 aliphatic carbocycles.